The van der Waals surface area contributed by atoms with Crippen molar-refractivity contribution in [2.75, 3.05) is 0 Å². The van der Waals surface area contributed by atoms with Gasteiger partial charge in [0.1, 0.15) is 6.04 Å². The largest absolute Gasteiger partial charge is 0.481 e. The Bertz CT molecular complexity index is 402. The molecule has 1 atom stereocenters. The molecule has 7 heteroatoms. The lowest BCUT2D eigenvalue weighted by Gasteiger charge is -2.14. The summed E-state index contributed by atoms with van der Waals surface area (Å²) in [5, 5.41) is 22.2. The van der Waals surface area contributed by atoms with E-state index in [4.69, 9.17) is 10.2 Å². The zero-order valence-electron chi connectivity index (χ0n) is 11.5. The maximum absolute atomic E-state index is 11.7. The lowest BCUT2D eigenvalue weighted by molar-refractivity contribution is -0.145. The van der Waals surface area contributed by atoms with Crippen molar-refractivity contribution in [3.05, 3.63) is 0 Å². The molecule has 7 nitrogen and oxygen atoms in total. The van der Waals surface area contributed by atoms with Crippen molar-refractivity contribution in [2.45, 2.75) is 46.2 Å². The minimum atomic E-state index is -1.43. The molecule has 0 aliphatic heterocycles. The molecule has 0 saturated heterocycles. The Labute approximate surface area is 111 Å². The van der Waals surface area contributed by atoms with Crippen LogP contribution in [0.5, 0.6) is 0 Å². The zero-order chi connectivity index (χ0) is 15.0. The van der Waals surface area contributed by atoms with Gasteiger partial charge in [-0.05, 0) is 10.8 Å². The second-order valence-corrected chi connectivity index (χ2v) is 5.98. The number of hydrogen-bond acceptors (Lipinski definition) is 3. The first-order valence-electron chi connectivity index (χ1n) is 6.01. The third kappa shape index (κ3) is 2.97. The molecule has 0 aromatic heterocycles. The molecule has 0 heterocycles. The van der Waals surface area contributed by atoms with Crippen LogP contribution in [0, 0.1) is 10.8 Å². The number of amides is 2. The Morgan fingerprint density at radius 3 is 1.89 bits per heavy atom. The molecule has 0 radical (unpaired) electrons. The number of rotatable bonds is 5. The monoisotopic (exact) mass is 272 g/mol. The first-order chi connectivity index (χ1) is 8.50. The van der Waals surface area contributed by atoms with E-state index in [0.717, 1.165) is 0 Å². The molecule has 0 bridgehead atoms. The summed E-state index contributed by atoms with van der Waals surface area (Å²) in [4.78, 5) is 33.0. The Balaban J connectivity index is 2.56. The van der Waals surface area contributed by atoms with E-state index in [1.54, 1.807) is 0 Å². The maximum Gasteiger partial charge on any atom is 0.326 e. The van der Waals surface area contributed by atoms with Crippen LogP contribution in [0.1, 0.15) is 34.1 Å². The topological polar surface area (TPSA) is 116 Å². The van der Waals surface area contributed by atoms with Crippen LogP contribution >= 0.6 is 0 Å². The van der Waals surface area contributed by atoms with Crippen molar-refractivity contribution in [3.8, 4) is 0 Å². The van der Waals surface area contributed by atoms with Crippen molar-refractivity contribution in [1.29, 1.82) is 0 Å². The quantitative estimate of drug-likeness (QED) is 0.586. The maximum atomic E-state index is 11.7. The normalized spacial score (nSPS) is 21.3. The van der Waals surface area contributed by atoms with Crippen molar-refractivity contribution >= 4 is 18.0 Å². The van der Waals surface area contributed by atoms with Gasteiger partial charge in [0.05, 0.1) is 6.42 Å². The summed E-state index contributed by atoms with van der Waals surface area (Å²) in [7, 11) is 0. The standard InChI is InChI=1S/C12H20N2O5/c1-11(2)9(12(11,3)4)14-10(19)13-6(8(17)18)5-7(15)16/h6,9H,5H2,1-4H3,(H,15,16)(H,17,18)(H2,13,14,19). The second-order valence-electron chi connectivity index (χ2n) is 5.98. The van der Waals surface area contributed by atoms with E-state index in [0.29, 0.717) is 0 Å². The fourth-order valence-corrected chi connectivity index (χ4v) is 2.26. The molecule has 1 rings (SSSR count). The van der Waals surface area contributed by atoms with Gasteiger partial charge in [0.2, 0.25) is 0 Å². The van der Waals surface area contributed by atoms with Crippen LogP contribution in [0.3, 0.4) is 0 Å². The number of urea groups is 1. The zero-order valence-corrected chi connectivity index (χ0v) is 11.5. The van der Waals surface area contributed by atoms with Crippen LogP contribution in [0.15, 0.2) is 0 Å². The first-order valence-corrected chi connectivity index (χ1v) is 6.01. The summed E-state index contributed by atoms with van der Waals surface area (Å²) >= 11 is 0. The Morgan fingerprint density at radius 2 is 1.58 bits per heavy atom. The van der Waals surface area contributed by atoms with Gasteiger partial charge in [-0.1, -0.05) is 27.7 Å². The fourth-order valence-electron chi connectivity index (χ4n) is 2.26. The molecule has 0 aromatic rings. The van der Waals surface area contributed by atoms with Crippen LogP contribution < -0.4 is 10.6 Å². The van der Waals surface area contributed by atoms with Crippen LogP contribution in [0.2, 0.25) is 0 Å². The highest BCUT2D eigenvalue weighted by Crippen LogP contribution is 2.62. The summed E-state index contributed by atoms with van der Waals surface area (Å²) < 4.78 is 0. The van der Waals surface area contributed by atoms with Gasteiger partial charge in [0.15, 0.2) is 0 Å². The molecule has 1 saturated carbocycles. The number of aliphatic carboxylic acids is 2. The van der Waals surface area contributed by atoms with E-state index in [9.17, 15) is 14.4 Å². The van der Waals surface area contributed by atoms with Crippen LogP contribution in [0.4, 0.5) is 4.79 Å². The van der Waals surface area contributed by atoms with Gasteiger partial charge in [0, 0.05) is 6.04 Å². The summed E-state index contributed by atoms with van der Waals surface area (Å²) in [6.45, 7) is 8.02. The van der Waals surface area contributed by atoms with Crippen molar-refractivity contribution in [1.82, 2.24) is 10.6 Å². The third-order valence-electron chi connectivity index (χ3n) is 4.28. The highest BCUT2D eigenvalue weighted by molar-refractivity contribution is 5.86. The van der Waals surface area contributed by atoms with E-state index < -0.39 is 30.4 Å². The van der Waals surface area contributed by atoms with Crippen molar-refractivity contribution in [2.24, 2.45) is 10.8 Å². The summed E-state index contributed by atoms with van der Waals surface area (Å²) in [6.07, 6.45) is -0.653. The molecular weight excluding hydrogens is 252 g/mol. The molecule has 1 aliphatic carbocycles. The molecule has 1 unspecified atom stereocenters. The Hall–Kier alpha value is -1.79. The van der Waals surface area contributed by atoms with Crippen molar-refractivity contribution < 1.29 is 24.6 Å². The van der Waals surface area contributed by atoms with Gasteiger partial charge >= 0.3 is 18.0 Å². The third-order valence-corrected chi connectivity index (χ3v) is 4.28. The van der Waals surface area contributed by atoms with E-state index >= 15 is 0 Å². The number of hydrogen-bond donors (Lipinski definition) is 4. The average molecular weight is 272 g/mol. The average Bonchev–Trinajstić information content (AvgIpc) is 2.59. The van der Waals surface area contributed by atoms with Gasteiger partial charge in [-0.2, -0.15) is 0 Å². The van der Waals surface area contributed by atoms with E-state index in [1.807, 2.05) is 27.7 Å². The fraction of sp³-hybridized carbons (Fsp3) is 0.750. The van der Waals surface area contributed by atoms with E-state index in [-0.39, 0.29) is 16.9 Å². The van der Waals surface area contributed by atoms with Gasteiger partial charge < -0.3 is 20.8 Å². The van der Waals surface area contributed by atoms with Gasteiger partial charge in [-0.3, -0.25) is 4.79 Å². The molecule has 1 fully saturated rings. The molecule has 108 valence electrons. The van der Waals surface area contributed by atoms with Gasteiger partial charge in [-0.15, -0.1) is 0 Å². The summed E-state index contributed by atoms with van der Waals surface area (Å²) in [5.74, 6) is -2.65. The molecular formula is C12H20N2O5. The summed E-state index contributed by atoms with van der Waals surface area (Å²) in [5.41, 5.74) is -0.147. The number of carbonyl (C=O) groups is 3. The summed E-state index contributed by atoms with van der Waals surface area (Å²) in [6, 6.07) is -2.15. The van der Waals surface area contributed by atoms with E-state index in [1.165, 1.54) is 0 Å². The highest BCUT2D eigenvalue weighted by atomic mass is 16.4. The predicted molar refractivity (Wildman–Crippen MR) is 66.7 cm³/mol. The van der Waals surface area contributed by atoms with Crippen molar-refractivity contribution in [3.63, 3.8) is 0 Å². The number of carboxylic acid groups (broad SMARTS) is 2. The van der Waals surface area contributed by atoms with E-state index in [2.05, 4.69) is 10.6 Å². The smallest absolute Gasteiger partial charge is 0.326 e. The lowest BCUT2D eigenvalue weighted by atomic mass is 10.0. The SMILES string of the molecule is CC1(C)C(NC(=O)NC(CC(=O)O)C(=O)O)C1(C)C. The molecule has 0 aromatic carbocycles. The lowest BCUT2D eigenvalue weighted by Crippen LogP contribution is -2.48. The molecule has 1 aliphatic rings. The predicted octanol–water partition coefficient (Wildman–Crippen LogP) is 0.648. The molecule has 4 N–H and O–H groups in total. The second kappa shape index (κ2) is 4.71. The Kier molecular flexibility index (Phi) is 3.79. The minimum absolute atomic E-state index is 0.0701. The van der Waals surface area contributed by atoms with Gasteiger partial charge in [0.25, 0.3) is 0 Å². The Morgan fingerprint density at radius 1 is 1.11 bits per heavy atom. The molecule has 19 heavy (non-hydrogen) atoms. The van der Waals surface area contributed by atoms with Crippen LogP contribution in [-0.4, -0.2) is 40.3 Å². The highest BCUT2D eigenvalue weighted by Gasteiger charge is 2.65. The number of nitrogens with one attached hydrogen (secondary N) is 2. The van der Waals surface area contributed by atoms with Gasteiger partial charge in [-0.25, -0.2) is 9.59 Å². The first kappa shape index (κ1) is 15.3. The van der Waals surface area contributed by atoms with Crippen LogP contribution in [0.25, 0.3) is 0 Å². The molecule has 2 amide bonds. The number of carbonyl (C=O) groups excluding carboxylic acids is 1. The number of carboxylic acids is 2. The van der Waals surface area contributed by atoms with Crippen LogP contribution in [-0.2, 0) is 9.59 Å². The molecule has 0 spiro atoms. The minimum Gasteiger partial charge on any atom is -0.481 e.